The maximum Gasteiger partial charge on any atom is 0.251 e. The van der Waals surface area contributed by atoms with Crippen LogP contribution >= 0.6 is 0 Å². The molecule has 0 saturated carbocycles. The van der Waals surface area contributed by atoms with E-state index in [1.54, 1.807) is 55.6 Å². The molecule has 0 fully saturated rings. The zero-order valence-corrected chi connectivity index (χ0v) is 18.2. The number of methoxy groups -OCH3 is 1. The molecule has 4 N–H and O–H groups in total. The average molecular weight is 427 g/mol. The highest BCUT2D eigenvalue weighted by Crippen LogP contribution is 2.12. The Morgan fingerprint density at radius 3 is 2.06 bits per heavy atom. The zero-order chi connectivity index (χ0) is 22.6. The van der Waals surface area contributed by atoms with E-state index in [1.807, 2.05) is 13.8 Å². The van der Waals surface area contributed by atoms with Crippen LogP contribution < -0.4 is 21.3 Å². The summed E-state index contributed by atoms with van der Waals surface area (Å²) in [5.41, 5.74) is 2.40. The van der Waals surface area contributed by atoms with Crippen LogP contribution in [0.4, 0.5) is 11.4 Å². The van der Waals surface area contributed by atoms with Crippen molar-refractivity contribution in [2.75, 3.05) is 37.4 Å². The van der Waals surface area contributed by atoms with Crippen molar-refractivity contribution < 1.29 is 19.1 Å². The first-order valence-electron chi connectivity index (χ1n) is 10.2. The van der Waals surface area contributed by atoms with Gasteiger partial charge < -0.3 is 26.0 Å². The van der Waals surface area contributed by atoms with E-state index in [0.717, 1.165) is 12.1 Å². The molecule has 166 valence electrons. The Kier molecular flexibility index (Phi) is 9.51. The number of hydrogen-bond acceptors (Lipinski definition) is 5. The van der Waals surface area contributed by atoms with Gasteiger partial charge in [-0.3, -0.25) is 14.4 Å². The van der Waals surface area contributed by atoms with Gasteiger partial charge in [-0.25, -0.2) is 0 Å². The molecule has 2 aromatic carbocycles. The summed E-state index contributed by atoms with van der Waals surface area (Å²) in [7, 11) is 1.57. The number of anilines is 2. The lowest BCUT2D eigenvalue weighted by Gasteiger charge is -2.12. The summed E-state index contributed by atoms with van der Waals surface area (Å²) in [4.78, 5) is 36.2. The van der Waals surface area contributed by atoms with Gasteiger partial charge in [0.1, 0.15) is 0 Å². The average Bonchev–Trinajstić information content (AvgIpc) is 2.78. The second-order valence-electron chi connectivity index (χ2n) is 7.09. The molecule has 0 aliphatic rings. The molecule has 31 heavy (non-hydrogen) atoms. The third-order valence-electron chi connectivity index (χ3n) is 4.61. The number of hydrogen-bond donors (Lipinski definition) is 4. The lowest BCUT2D eigenvalue weighted by molar-refractivity contribution is -0.114. The third kappa shape index (κ3) is 8.10. The summed E-state index contributed by atoms with van der Waals surface area (Å²) in [6.45, 7) is 4.91. The second-order valence-corrected chi connectivity index (χ2v) is 7.09. The summed E-state index contributed by atoms with van der Waals surface area (Å²) in [5.74, 6) is -0.539. The third-order valence-corrected chi connectivity index (χ3v) is 4.61. The fraction of sp³-hybridized carbons (Fsp3) is 0.348. The first-order chi connectivity index (χ1) is 14.9. The molecule has 0 bridgehead atoms. The fourth-order valence-electron chi connectivity index (χ4n) is 2.61. The molecule has 3 amide bonds. The number of amides is 3. The normalized spacial score (nSPS) is 11.3. The predicted molar refractivity (Wildman–Crippen MR) is 121 cm³/mol. The number of carbonyl (C=O) groups is 3. The van der Waals surface area contributed by atoms with Crippen molar-refractivity contribution in [3.05, 3.63) is 59.7 Å². The predicted octanol–water partition coefficient (Wildman–Crippen LogP) is 2.64. The summed E-state index contributed by atoms with van der Waals surface area (Å²) in [5, 5.41) is 11.4. The molecule has 2 aromatic rings. The molecule has 0 heterocycles. The Morgan fingerprint density at radius 2 is 1.48 bits per heavy atom. The molecule has 0 spiro atoms. The molecule has 0 aliphatic carbocycles. The Balaban J connectivity index is 1.80. The SMILES string of the molecule is CCC(C)NC(=O)c1ccc(NCC(=O)Nc2ccc(C(=O)NCCOC)cc2)cc1. The maximum atomic E-state index is 12.2. The quantitative estimate of drug-likeness (QED) is 0.413. The maximum absolute atomic E-state index is 12.2. The molecular weight excluding hydrogens is 396 g/mol. The van der Waals surface area contributed by atoms with E-state index < -0.39 is 0 Å². The van der Waals surface area contributed by atoms with Crippen LogP contribution in [0.15, 0.2) is 48.5 Å². The van der Waals surface area contributed by atoms with Gasteiger partial charge >= 0.3 is 0 Å². The minimum absolute atomic E-state index is 0.0671. The van der Waals surface area contributed by atoms with E-state index in [0.29, 0.717) is 30.0 Å². The zero-order valence-electron chi connectivity index (χ0n) is 18.2. The van der Waals surface area contributed by atoms with Crippen LogP contribution in [-0.2, 0) is 9.53 Å². The largest absolute Gasteiger partial charge is 0.383 e. The minimum Gasteiger partial charge on any atom is -0.383 e. The van der Waals surface area contributed by atoms with E-state index in [-0.39, 0.29) is 30.3 Å². The highest BCUT2D eigenvalue weighted by molar-refractivity contribution is 5.97. The number of ether oxygens (including phenoxy) is 1. The first kappa shape index (κ1) is 23.9. The van der Waals surface area contributed by atoms with E-state index in [2.05, 4.69) is 21.3 Å². The van der Waals surface area contributed by atoms with Crippen molar-refractivity contribution >= 4 is 29.1 Å². The monoisotopic (exact) mass is 426 g/mol. The number of carbonyl (C=O) groups excluding carboxylic acids is 3. The minimum atomic E-state index is -0.226. The van der Waals surface area contributed by atoms with Gasteiger partial charge in [0.25, 0.3) is 11.8 Å². The van der Waals surface area contributed by atoms with Crippen LogP contribution in [0.25, 0.3) is 0 Å². The van der Waals surface area contributed by atoms with Gasteiger partial charge in [0, 0.05) is 42.2 Å². The van der Waals surface area contributed by atoms with Crippen LogP contribution in [0.5, 0.6) is 0 Å². The summed E-state index contributed by atoms with van der Waals surface area (Å²) in [6.07, 6.45) is 0.866. The summed E-state index contributed by atoms with van der Waals surface area (Å²) >= 11 is 0. The molecular formula is C23H30N4O4. The second kappa shape index (κ2) is 12.3. The van der Waals surface area contributed by atoms with Gasteiger partial charge in [-0.15, -0.1) is 0 Å². The molecule has 1 unspecified atom stereocenters. The smallest absolute Gasteiger partial charge is 0.251 e. The van der Waals surface area contributed by atoms with E-state index >= 15 is 0 Å². The van der Waals surface area contributed by atoms with Crippen LogP contribution in [-0.4, -0.2) is 50.6 Å². The van der Waals surface area contributed by atoms with Crippen molar-refractivity contribution in [2.45, 2.75) is 26.3 Å². The Bertz CT molecular complexity index is 866. The molecule has 0 aromatic heterocycles. The van der Waals surface area contributed by atoms with Crippen LogP contribution in [0.2, 0.25) is 0 Å². The van der Waals surface area contributed by atoms with E-state index in [1.165, 1.54) is 0 Å². The summed E-state index contributed by atoms with van der Waals surface area (Å²) < 4.78 is 4.89. The number of nitrogens with one attached hydrogen (secondary N) is 4. The fourth-order valence-corrected chi connectivity index (χ4v) is 2.61. The molecule has 0 radical (unpaired) electrons. The van der Waals surface area contributed by atoms with Crippen molar-refractivity contribution in [1.82, 2.24) is 10.6 Å². The van der Waals surface area contributed by atoms with Gasteiger partial charge in [-0.1, -0.05) is 6.92 Å². The first-order valence-corrected chi connectivity index (χ1v) is 10.2. The Morgan fingerprint density at radius 1 is 0.903 bits per heavy atom. The Hall–Kier alpha value is -3.39. The lowest BCUT2D eigenvalue weighted by atomic mass is 10.1. The van der Waals surface area contributed by atoms with Crippen molar-refractivity contribution in [1.29, 1.82) is 0 Å². The molecule has 0 saturated heterocycles. The van der Waals surface area contributed by atoms with Gasteiger partial charge in [0.05, 0.1) is 13.2 Å². The van der Waals surface area contributed by atoms with Crippen molar-refractivity contribution in [3.8, 4) is 0 Å². The van der Waals surface area contributed by atoms with E-state index in [9.17, 15) is 14.4 Å². The van der Waals surface area contributed by atoms with E-state index in [4.69, 9.17) is 4.74 Å². The van der Waals surface area contributed by atoms with Crippen LogP contribution in [0.1, 0.15) is 41.0 Å². The number of benzene rings is 2. The van der Waals surface area contributed by atoms with Gasteiger partial charge in [0.15, 0.2) is 0 Å². The number of rotatable bonds is 11. The molecule has 0 aliphatic heterocycles. The topological polar surface area (TPSA) is 109 Å². The van der Waals surface area contributed by atoms with Crippen LogP contribution in [0.3, 0.4) is 0 Å². The summed E-state index contributed by atoms with van der Waals surface area (Å²) in [6, 6.07) is 13.7. The highest BCUT2D eigenvalue weighted by Gasteiger charge is 2.09. The molecule has 8 nitrogen and oxygen atoms in total. The van der Waals surface area contributed by atoms with Gasteiger partial charge in [0.2, 0.25) is 5.91 Å². The Labute approximate surface area is 182 Å². The van der Waals surface area contributed by atoms with Gasteiger partial charge in [-0.05, 0) is 61.9 Å². The standard InChI is InChI=1S/C23H30N4O4/c1-4-16(2)26-23(30)18-5-9-19(10-6-18)25-15-21(28)27-20-11-7-17(8-12-20)22(29)24-13-14-31-3/h5-12,16,25H,4,13-15H2,1-3H3,(H,24,29)(H,26,30)(H,27,28). The van der Waals surface area contributed by atoms with Crippen LogP contribution in [0, 0.1) is 0 Å². The van der Waals surface area contributed by atoms with Gasteiger partial charge in [-0.2, -0.15) is 0 Å². The highest BCUT2D eigenvalue weighted by atomic mass is 16.5. The van der Waals surface area contributed by atoms with Crippen molar-refractivity contribution in [3.63, 3.8) is 0 Å². The lowest BCUT2D eigenvalue weighted by Crippen LogP contribution is -2.31. The molecule has 8 heteroatoms. The molecule has 1 atom stereocenters. The molecule has 2 rings (SSSR count). The van der Waals surface area contributed by atoms with Crippen molar-refractivity contribution in [2.24, 2.45) is 0 Å².